The fourth-order valence-corrected chi connectivity index (χ4v) is 1.43. The summed E-state index contributed by atoms with van der Waals surface area (Å²) in [7, 11) is 0. The van der Waals surface area contributed by atoms with Crippen LogP contribution in [0.15, 0.2) is 24.3 Å². The van der Waals surface area contributed by atoms with E-state index in [0.717, 1.165) is 12.1 Å². The molecule has 1 amide bonds. The summed E-state index contributed by atoms with van der Waals surface area (Å²) in [6, 6.07) is 4.41. The molecule has 0 aliphatic heterocycles. The van der Waals surface area contributed by atoms with E-state index in [1.165, 1.54) is 12.1 Å². The maximum Gasteiger partial charge on any atom is 0.416 e. The van der Waals surface area contributed by atoms with Crippen LogP contribution < -0.4 is 5.32 Å². The highest BCUT2D eigenvalue weighted by Gasteiger charge is 2.30. The van der Waals surface area contributed by atoms with Crippen LogP contribution >= 0.6 is 0 Å². The summed E-state index contributed by atoms with van der Waals surface area (Å²) in [5.74, 6) is -0.206. The van der Waals surface area contributed by atoms with E-state index in [0.29, 0.717) is 12.1 Å². The van der Waals surface area contributed by atoms with Gasteiger partial charge in [0.25, 0.3) is 0 Å². The van der Waals surface area contributed by atoms with Crippen molar-refractivity contribution in [3.63, 3.8) is 0 Å². The van der Waals surface area contributed by atoms with Gasteiger partial charge in [0.15, 0.2) is 0 Å². The molecular formula is C13H16F3NO. The van der Waals surface area contributed by atoms with Gasteiger partial charge in [-0.2, -0.15) is 13.2 Å². The highest BCUT2D eigenvalue weighted by atomic mass is 19.4. The Morgan fingerprint density at radius 1 is 1.11 bits per heavy atom. The summed E-state index contributed by atoms with van der Waals surface area (Å²) in [5.41, 5.74) is -0.510. The Bertz CT molecular complexity index is 415. The molecule has 18 heavy (non-hydrogen) atoms. The van der Waals surface area contributed by atoms with Crippen molar-refractivity contribution in [1.29, 1.82) is 0 Å². The maximum atomic E-state index is 12.3. The van der Waals surface area contributed by atoms with Gasteiger partial charge in [-0.3, -0.25) is 4.79 Å². The second-order valence-electron chi connectivity index (χ2n) is 5.36. The van der Waals surface area contributed by atoms with Gasteiger partial charge in [-0.05, 0) is 29.7 Å². The second kappa shape index (κ2) is 5.00. The smallest absolute Gasteiger partial charge is 0.326 e. The third-order valence-electron chi connectivity index (χ3n) is 2.19. The van der Waals surface area contributed by atoms with Gasteiger partial charge in [-0.1, -0.05) is 20.8 Å². The number of nitrogens with one attached hydrogen (secondary N) is 1. The molecule has 0 aliphatic carbocycles. The molecule has 0 bridgehead atoms. The number of benzene rings is 1. The molecule has 0 aromatic heterocycles. The van der Waals surface area contributed by atoms with E-state index in [1.807, 2.05) is 20.8 Å². The van der Waals surface area contributed by atoms with Crippen LogP contribution in [0.1, 0.15) is 32.8 Å². The minimum Gasteiger partial charge on any atom is -0.326 e. The first kappa shape index (κ1) is 14.5. The van der Waals surface area contributed by atoms with Crippen molar-refractivity contribution in [2.75, 3.05) is 5.32 Å². The number of halogens is 3. The number of carbonyl (C=O) groups is 1. The Labute approximate surface area is 104 Å². The van der Waals surface area contributed by atoms with E-state index in [4.69, 9.17) is 0 Å². The van der Waals surface area contributed by atoms with Gasteiger partial charge in [0, 0.05) is 12.1 Å². The summed E-state index contributed by atoms with van der Waals surface area (Å²) in [6.07, 6.45) is -4.04. The number of alkyl halides is 3. The molecule has 1 aromatic carbocycles. The number of amides is 1. The summed E-state index contributed by atoms with van der Waals surface area (Å²) < 4.78 is 37.0. The van der Waals surface area contributed by atoms with Crippen LogP contribution in [0.4, 0.5) is 18.9 Å². The Kier molecular flexibility index (Phi) is 4.04. The van der Waals surface area contributed by atoms with Crippen LogP contribution in [0.25, 0.3) is 0 Å². The van der Waals surface area contributed by atoms with Gasteiger partial charge in [-0.25, -0.2) is 0 Å². The standard InChI is InChI=1S/C13H16F3NO/c1-12(2,3)8-11(18)17-10-6-4-9(5-7-10)13(14,15)16/h4-7H,8H2,1-3H3,(H,17,18). The van der Waals surface area contributed by atoms with E-state index >= 15 is 0 Å². The average Bonchev–Trinajstić information content (AvgIpc) is 2.13. The molecule has 0 aliphatic rings. The molecule has 100 valence electrons. The molecule has 0 fully saturated rings. The lowest BCUT2D eigenvalue weighted by Crippen LogP contribution is -2.19. The number of anilines is 1. The summed E-state index contributed by atoms with van der Waals surface area (Å²) >= 11 is 0. The highest BCUT2D eigenvalue weighted by Crippen LogP contribution is 2.30. The largest absolute Gasteiger partial charge is 0.416 e. The molecular weight excluding hydrogens is 243 g/mol. The normalized spacial score (nSPS) is 12.3. The van der Waals surface area contributed by atoms with Crippen molar-refractivity contribution in [3.8, 4) is 0 Å². The molecule has 5 heteroatoms. The Morgan fingerprint density at radius 2 is 1.61 bits per heavy atom. The Morgan fingerprint density at radius 3 is 2.00 bits per heavy atom. The molecule has 0 radical (unpaired) electrons. The molecule has 0 heterocycles. The molecule has 1 N–H and O–H groups in total. The summed E-state index contributed by atoms with van der Waals surface area (Å²) in [6.45, 7) is 5.75. The van der Waals surface area contributed by atoms with Crippen molar-refractivity contribution in [2.24, 2.45) is 5.41 Å². The van der Waals surface area contributed by atoms with Crippen LogP contribution in [-0.4, -0.2) is 5.91 Å². The van der Waals surface area contributed by atoms with Gasteiger partial charge in [0.1, 0.15) is 0 Å². The number of rotatable bonds is 2. The van der Waals surface area contributed by atoms with Crippen LogP contribution in [0, 0.1) is 5.41 Å². The third kappa shape index (κ3) is 4.77. The van der Waals surface area contributed by atoms with Crippen molar-refractivity contribution < 1.29 is 18.0 Å². The van der Waals surface area contributed by atoms with E-state index in [9.17, 15) is 18.0 Å². The molecule has 0 saturated heterocycles. The first-order chi connectivity index (χ1) is 8.08. The van der Waals surface area contributed by atoms with Gasteiger partial charge >= 0.3 is 6.18 Å². The second-order valence-corrected chi connectivity index (χ2v) is 5.36. The van der Waals surface area contributed by atoms with Crippen molar-refractivity contribution in [1.82, 2.24) is 0 Å². The van der Waals surface area contributed by atoms with E-state index in [-0.39, 0.29) is 11.3 Å². The molecule has 0 atom stereocenters. The molecule has 2 nitrogen and oxygen atoms in total. The number of hydrogen-bond acceptors (Lipinski definition) is 1. The lowest BCUT2D eigenvalue weighted by Gasteiger charge is -2.17. The SMILES string of the molecule is CC(C)(C)CC(=O)Nc1ccc(C(F)(F)F)cc1. The topological polar surface area (TPSA) is 29.1 Å². The Hall–Kier alpha value is -1.52. The van der Waals surface area contributed by atoms with Gasteiger partial charge in [-0.15, -0.1) is 0 Å². The fraction of sp³-hybridized carbons (Fsp3) is 0.462. The molecule has 0 unspecified atom stereocenters. The molecule has 0 spiro atoms. The lowest BCUT2D eigenvalue weighted by molar-refractivity contribution is -0.137. The maximum absolute atomic E-state index is 12.3. The zero-order valence-corrected chi connectivity index (χ0v) is 10.6. The Balaban J connectivity index is 2.67. The first-order valence-corrected chi connectivity index (χ1v) is 5.55. The van der Waals surface area contributed by atoms with E-state index in [2.05, 4.69) is 5.32 Å². The predicted octanol–water partition coefficient (Wildman–Crippen LogP) is 4.08. The quantitative estimate of drug-likeness (QED) is 0.851. The minimum atomic E-state index is -4.35. The van der Waals surface area contributed by atoms with Gasteiger partial charge in [0.05, 0.1) is 5.56 Å². The number of carbonyl (C=O) groups excluding carboxylic acids is 1. The van der Waals surface area contributed by atoms with Crippen LogP contribution in [0.5, 0.6) is 0 Å². The molecule has 0 saturated carbocycles. The lowest BCUT2D eigenvalue weighted by atomic mass is 9.92. The minimum absolute atomic E-state index is 0.157. The zero-order chi connectivity index (χ0) is 14.0. The van der Waals surface area contributed by atoms with Crippen molar-refractivity contribution in [3.05, 3.63) is 29.8 Å². The van der Waals surface area contributed by atoms with Gasteiger partial charge in [0.2, 0.25) is 5.91 Å². The summed E-state index contributed by atoms with van der Waals surface area (Å²) in [5, 5.41) is 2.57. The summed E-state index contributed by atoms with van der Waals surface area (Å²) in [4.78, 5) is 11.6. The first-order valence-electron chi connectivity index (χ1n) is 5.55. The molecule has 1 rings (SSSR count). The predicted molar refractivity (Wildman–Crippen MR) is 64.1 cm³/mol. The van der Waals surface area contributed by atoms with E-state index < -0.39 is 11.7 Å². The number of hydrogen-bond donors (Lipinski definition) is 1. The fourth-order valence-electron chi connectivity index (χ4n) is 1.43. The third-order valence-corrected chi connectivity index (χ3v) is 2.19. The highest BCUT2D eigenvalue weighted by molar-refractivity contribution is 5.91. The van der Waals surface area contributed by atoms with Crippen molar-refractivity contribution in [2.45, 2.75) is 33.4 Å². The van der Waals surface area contributed by atoms with Gasteiger partial charge < -0.3 is 5.32 Å². The molecule has 1 aromatic rings. The average molecular weight is 259 g/mol. The zero-order valence-electron chi connectivity index (χ0n) is 10.6. The van der Waals surface area contributed by atoms with E-state index in [1.54, 1.807) is 0 Å². The van der Waals surface area contributed by atoms with Crippen LogP contribution in [-0.2, 0) is 11.0 Å². The van der Waals surface area contributed by atoms with Crippen LogP contribution in [0.3, 0.4) is 0 Å². The van der Waals surface area contributed by atoms with Crippen LogP contribution in [0.2, 0.25) is 0 Å². The monoisotopic (exact) mass is 259 g/mol. The van der Waals surface area contributed by atoms with Crippen molar-refractivity contribution >= 4 is 11.6 Å².